The van der Waals surface area contributed by atoms with Gasteiger partial charge in [-0.25, -0.2) is 0 Å². The molecule has 35 heavy (non-hydrogen) atoms. The highest BCUT2D eigenvalue weighted by molar-refractivity contribution is 5.88. The lowest BCUT2D eigenvalue weighted by Crippen LogP contribution is -2.53. The van der Waals surface area contributed by atoms with Crippen molar-refractivity contribution in [3.8, 4) is 17.2 Å². The lowest BCUT2D eigenvalue weighted by Gasteiger charge is -2.32. The van der Waals surface area contributed by atoms with Crippen molar-refractivity contribution in [1.29, 1.82) is 0 Å². The maximum Gasteiger partial charge on any atom is 0.261 e. The lowest BCUT2D eigenvalue weighted by atomic mass is 9.95. The van der Waals surface area contributed by atoms with Gasteiger partial charge in [-0.3, -0.25) is 9.59 Å². The Morgan fingerprint density at radius 3 is 2.20 bits per heavy atom. The molecule has 0 radical (unpaired) electrons. The number of amides is 2. The number of hydrogen-bond donors (Lipinski definition) is 1. The van der Waals surface area contributed by atoms with Crippen LogP contribution < -0.4 is 19.5 Å². The van der Waals surface area contributed by atoms with Crippen LogP contribution in [0.4, 0.5) is 0 Å². The maximum absolute atomic E-state index is 13.4. The highest BCUT2D eigenvalue weighted by Crippen LogP contribution is 2.27. The zero-order valence-corrected chi connectivity index (χ0v) is 21.1. The second kappa shape index (κ2) is 13.6. The molecule has 1 aliphatic rings. The van der Waals surface area contributed by atoms with Gasteiger partial charge in [0.15, 0.2) is 6.61 Å². The Morgan fingerprint density at radius 1 is 0.971 bits per heavy atom. The SMILES string of the molecule is CCC(C(=O)NC1CCCCC1)N(CCc1ccccc1)C(=O)COc1cc(OC)cc(OC)c1. The Hall–Kier alpha value is -3.22. The van der Waals surface area contributed by atoms with E-state index in [0.717, 1.165) is 31.2 Å². The van der Waals surface area contributed by atoms with Gasteiger partial charge in [0.2, 0.25) is 5.91 Å². The number of carbonyl (C=O) groups is 2. The smallest absolute Gasteiger partial charge is 0.261 e. The summed E-state index contributed by atoms with van der Waals surface area (Å²) < 4.78 is 16.4. The first-order valence-electron chi connectivity index (χ1n) is 12.5. The number of rotatable bonds is 12. The van der Waals surface area contributed by atoms with Crippen molar-refractivity contribution in [2.75, 3.05) is 27.4 Å². The van der Waals surface area contributed by atoms with E-state index in [1.54, 1.807) is 37.3 Å². The van der Waals surface area contributed by atoms with E-state index in [1.165, 1.54) is 6.42 Å². The third-order valence-electron chi connectivity index (χ3n) is 6.51. The van der Waals surface area contributed by atoms with E-state index in [-0.39, 0.29) is 24.5 Å². The number of ether oxygens (including phenoxy) is 3. The zero-order valence-electron chi connectivity index (χ0n) is 21.1. The summed E-state index contributed by atoms with van der Waals surface area (Å²) in [4.78, 5) is 28.3. The summed E-state index contributed by atoms with van der Waals surface area (Å²) in [5, 5.41) is 3.20. The molecule has 0 heterocycles. The monoisotopic (exact) mass is 482 g/mol. The lowest BCUT2D eigenvalue weighted by molar-refractivity contribution is -0.142. The molecule has 3 rings (SSSR count). The predicted octanol–water partition coefficient (Wildman–Crippen LogP) is 4.38. The van der Waals surface area contributed by atoms with Gasteiger partial charge in [0.1, 0.15) is 23.3 Å². The first-order chi connectivity index (χ1) is 17.0. The highest BCUT2D eigenvalue weighted by Gasteiger charge is 2.30. The van der Waals surface area contributed by atoms with Crippen LogP contribution in [-0.2, 0) is 16.0 Å². The predicted molar refractivity (Wildman–Crippen MR) is 136 cm³/mol. The molecule has 190 valence electrons. The molecule has 1 saturated carbocycles. The van der Waals surface area contributed by atoms with Gasteiger partial charge in [-0.15, -0.1) is 0 Å². The van der Waals surface area contributed by atoms with E-state index >= 15 is 0 Å². The van der Waals surface area contributed by atoms with E-state index in [2.05, 4.69) is 5.32 Å². The van der Waals surface area contributed by atoms with Gasteiger partial charge in [-0.1, -0.05) is 56.5 Å². The van der Waals surface area contributed by atoms with Crippen molar-refractivity contribution in [1.82, 2.24) is 10.2 Å². The van der Waals surface area contributed by atoms with Crippen molar-refractivity contribution in [2.24, 2.45) is 0 Å². The normalized spacial score (nSPS) is 14.6. The van der Waals surface area contributed by atoms with Crippen LogP contribution in [-0.4, -0.2) is 56.2 Å². The molecular weight excluding hydrogens is 444 g/mol. The Balaban J connectivity index is 1.72. The molecule has 2 amide bonds. The number of carbonyl (C=O) groups excluding carboxylic acids is 2. The number of methoxy groups -OCH3 is 2. The van der Waals surface area contributed by atoms with E-state index in [1.807, 2.05) is 37.3 Å². The fourth-order valence-electron chi connectivity index (χ4n) is 4.53. The number of hydrogen-bond acceptors (Lipinski definition) is 5. The average molecular weight is 483 g/mol. The Labute approximate surface area is 208 Å². The minimum atomic E-state index is -0.545. The number of benzene rings is 2. The summed E-state index contributed by atoms with van der Waals surface area (Å²) in [6.45, 7) is 2.20. The fourth-order valence-corrected chi connectivity index (χ4v) is 4.53. The number of nitrogens with zero attached hydrogens (tertiary/aromatic N) is 1. The molecular formula is C28H38N2O5. The maximum atomic E-state index is 13.4. The summed E-state index contributed by atoms with van der Waals surface area (Å²) in [5.41, 5.74) is 1.12. The van der Waals surface area contributed by atoms with Crippen molar-refractivity contribution < 1.29 is 23.8 Å². The molecule has 1 atom stereocenters. The van der Waals surface area contributed by atoms with Gasteiger partial charge in [0.25, 0.3) is 5.91 Å². The first kappa shape index (κ1) is 26.4. The van der Waals surface area contributed by atoms with Crippen LogP contribution in [0, 0.1) is 0 Å². The van der Waals surface area contributed by atoms with Crippen LogP contribution in [0.3, 0.4) is 0 Å². The molecule has 1 unspecified atom stereocenters. The first-order valence-corrected chi connectivity index (χ1v) is 12.5. The molecule has 0 spiro atoms. The molecule has 0 saturated heterocycles. The van der Waals surface area contributed by atoms with E-state index in [4.69, 9.17) is 14.2 Å². The quantitative estimate of drug-likeness (QED) is 0.486. The molecule has 0 aromatic heterocycles. The fraction of sp³-hybridized carbons (Fsp3) is 0.500. The molecule has 1 N–H and O–H groups in total. The average Bonchev–Trinajstić information content (AvgIpc) is 2.90. The van der Waals surface area contributed by atoms with Crippen LogP contribution in [0.2, 0.25) is 0 Å². The van der Waals surface area contributed by atoms with Gasteiger partial charge in [0, 0.05) is 30.8 Å². The Morgan fingerprint density at radius 2 is 1.60 bits per heavy atom. The standard InChI is InChI=1S/C28H38N2O5/c1-4-26(28(32)29-22-13-9-6-10-14-22)30(16-15-21-11-7-5-8-12-21)27(31)20-35-25-18-23(33-2)17-24(19-25)34-3/h5,7-8,11-12,17-19,22,26H,4,6,9-10,13-16,20H2,1-3H3,(H,29,32). The van der Waals surface area contributed by atoms with E-state index in [0.29, 0.717) is 36.6 Å². The van der Waals surface area contributed by atoms with Crippen molar-refractivity contribution in [3.05, 3.63) is 54.1 Å². The topological polar surface area (TPSA) is 77.1 Å². The van der Waals surface area contributed by atoms with Crippen LogP contribution >= 0.6 is 0 Å². The minimum Gasteiger partial charge on any atom is -0.496 e. The Kier molecular flexibility index (Phi) is 10.3. The van der Waals surface area contributed by atoms with Gasteiger partial charge >= 0.3 is 0 Å². The van der Waals surface area contributed by atoms with E-state index in [9.17, 15) is 9.59 Å². The molecule has 1 aliphatic carbocycles. The van der Waals surface area contributed by atoms with E-state index < -0.39 is 6.04 Å². The molecule has 7 heteroatoms. The van der Waals surface area contributed by atoms with Gasteiger partial charge in [-0.05, 0) is 31.2 Å². The van der Waals surface area contributed by atoms with Crippen LogP contribution in [0.15, 0.2) is 48.5 Å². The van der Waals surface area contributed by atoms with Crippen LogP contribution in [0.25, 0.3) is 0 Å². The molecule has 7 nitrogen and oxygen atoms in total. The number of nitrogens with one attached hydrogen (secondary N) is 1. The summed E-state index contributed by atoms with van der Waals surface area (Å²) in [6.07, 6.45) is 6.69. The zero-order chi connectivity index (χ0) is 25.0. The summed E-state index contributed by atoms with van der Waals surface area (Å²) in [6, 6.07) is 14.8. The minimum absolute atomic E-state index is 0.0798. The molecule has 0 bridgehead atoms. The van der Waals surface area contributed by atoms with Crippen LogP contribution in [0.1, 0.15) is 51.0 Å². The second-order valence-corrected chi connectivity index (χ2v) is 8.93. The molecule has 2 aromatic carbocycles. The van der Waals surface area contributed by atoms with Crippen molar-refractivity contribution in [3.63, 3.8) is 0 Å². The molecule has 0 aliphatic heterocycles. The Bertz CT molecular complexity index is 921. The van der Waals surface area contributed by atoms with Gasteiger partial charge < -0.3 is 24.4 Å². The summed E-state index contributed by atoms with van der Waals surface area (Å²) >= 11 is 0. The third kappa shape index (κ3) is 7.91. The van der Waals surface area contributed by atoms with Crippen LogP contribution in [0.5, 0.6) is 17.2 Å². The largest absolute Gasteiger partial charge is 0.496 e. The van der Waals surface area contributed by atoms with Crippen molar-refractivity contribution >= 4 is 11.8 Å². The summed E-state index contributed by atoms with van der Waals surface area (Å²) in [5.74, 6) is 1.31. The second-order valence-electron chi connectivity index (χ2n) is 8.93. The highest BCUT2D eigenvalue weighted by atomic mass is 16.5. The van der Waals surface area contributed by atoms with Gasteiger partial charge in [0.05, 0.1) is 14.2 Å². The molecule has 1 fully saturated rings. The summed E-state index contributed by atoms with van der Waals surface area (Å²) in [7, 11) is 3.12. The third-order valence-corrected chi connectivity index (χ3v) is 6.51. The van der Waals surface area contributed by atoms with Crippen molar-refractivity contribution in [2.45, 2.75) is 64.0 Å². The molecule has 2 aromatic rings. The van der Waals surface area contributed by atoms with Gasteiger partial charge in [-0.2, -0.15) is 0 Å².